The summed E-state index contributed by atoms with van der Waals surface area (Å²) < 4.78 is 50.6. The molecule has 0 amide bonds. The van der Waals surface area contributed by atoms with E-state index in [1.165, 1.54) is 16.4 Å². The van der Waals surface area contributed by atoms with Crippen molar-refractivity contribution in [1.82, 2.24) is 4.31 Å². The molecule has 1 heterocycles. The Kier molecular flexibility index (Phi) is 4.84. The third-order valence-electron chi connectivity index (χ3n) is 3.97. The van der Waals surface area contributed by atoms with E-state index >= 15 is 0 Å². The lowest BCUT2D eigenvalue weighted by Gasteiger charge is -2.32. The Morgan fingerprint density at radius 2 is 1.79 bits per heavy atom. The molecule has 0 spiro atoms. The number of hydrogen-bond acceptors (Lipinski definition) is 4. The van der Waals surface area contributed by atoms with Gasteiger partial charge in [0.25, 0.3) is 0 Å². The van der Waals surface area contributed by atoms with E-state index in [0.717, 1.165) is 23.4 Å². The summed E-state index contributed by atoms with van der Waals surface area (Å²) in [4.78, 5) is 0.0827. The highest BCUT2D eigenvalue weighted by atomic mass is 32.2. The topological polar surface area (TPSA) is 55.8 Å². The van der Waals surface area contributed by atoms with Crippen LogP contribution in [0.1, 0.15) is 11.7 Å². The van der Waals surface area contributed by atoms with E-state index in [4.69, 9.17) is 9.47 Å². The molecule has 1 aliphatic rings. The molecule has 0 aliphatic carbocycles. The van der Waals surface area contributed by atoms with Gasteiger partial charge in [-0.05, 0) is 42.0 Å². The maximum atomic E-state index is 13.0. The minimum atomic E-state index is -3.67. The molecule has 1 fully saturated rings. The van der Waals surface area contributed by atoms with Crippen LogP contribution in [-0.2, 0) is 14.8 Å². The highest BCUT2D eigenvalue weighted by Crippen LogP contribution is 2.27. The number of nitrogens with zero attached hydrogens (tertiary/aromatic N) is 1. The lowest BCUT2D eigenvalue weighted by atomic mass is 10.1. The van der Waals surface area contributed by atoms with Crippen LogP contribution in [0.2, 0.25) is 0 Å². The molecular weight excluding hydrogens is 333 g/mol. The monoisotopic (exact) mass is 351 g/mol. The SMILES string of the molecule is COc1ccc(C2CN(S(=O)(=O)c3ccc(F)cc3)CCO2)cc1. The van der Waals surface area contributed by atoms with Gasteiger partial charge in [0.2, 0.25) is 10.0 Å². The molecule has 0 bridgehead atoms. The third kappa shape index (κ3) is 3.43. The van der Waals surface area contributed by atoms with E-state index in [0.29, 0.717) is 6.61 Å². The molecule has 5 nitrogen and oxygen atoms in total. The second-order valence-electron chi connectivity index (χ2n) is 5.45. The standard InChI is InChI=1S/C17H18FNO4S/c1-22-15-6-2-13(3-7-15)17-12-19(10-11-23-17)24(20,21)16-8-4-14(18)5-9-16/h2-9,17H,10-12H2,1H3. The molecule has 128 valence electrons. The molecule has 1 atom stereocenters. The maximum absolute atomic E-state index is 13.0. The zero-order valence-electron chi connectivity index (χ0n) is 13.2. The second-order valence-corrected chi connectivity index (χ2v) is 7.39. The van der Waals surface area contributed by atoms with E-state index in [9.17, 15) is 12.8 Å². The number of methoxy groups -OCH3 is 1. The number of sulfonamides is 1. The van der Waals surface area contributed by atoms with Crippen LogP contribution in [-0.4, -0.2) is 39.5 Å². The van der Waals surface area contributed by atoms with Crippen LogP contribution in [0.5, 0.6) is 5.75 Å². The Morgan fingerprint density at radius 3 is 2.42 bits per heavy atom. The summed E-state index contributed by atoms with van der Waals surface area (Å²) in [5.74, 6) is 0.261. The molecule has 2 aromatic carbocycles. The Hall–Kier alpha value is -1.96. The second kappa shape index (κ2) is 6.88. The smallest absolute Gasteiger partial charge is 0.243 e. The Bertz CT molecular complexity index is 790. The molecular formula is C17H18FNO4S. The van der Waals surface area contributed by atoms with Gasteiger partial charge in [0.15, 0.2) is 0 Å². The molecule has 1 aliphatic heterocycles. The molecule has 7 heteroatoms. The lowest BCUT2D eigenvalue weighted by Crippen LogP contribution is -2.42. The first-order valence-electron chi connectivity index (χ1n) is 7.52. The van der Waals surface area contributed by atoms with Gasteiger partial charge >= 0.3 is 0 Å². The van der Waals surface area contributed by atoms with E-state index in [-0.39, 0.29) is 24.1 Å². The first kappa shape index (κ1) is 16.9. The summed E-state index contributed by atoms with van der Waals surface area (Å²) in [5.41, 5.74) is 0.884. The molecule has 24 heavy (non-hydrogen) atoms. The van der Waals surface area contributed by atoms with Crippen molar-refractivity contribution in [2.24, 2.45) is 0 Å². The van der Waals surface area contributed by atoms with Crippen molar-refractivity contribution < 1.29 is 22.3 Å². The van der Waals surface area contributed by atoms with Crippen molar-refractivity contribution in [2.45, 2.75) is 11.0 Å². The molecule has 0 saturated carbocycles. The molecule has 1 unspecified atom stereocenters. The number of halogens is 1. The van der Waals surface area contributed by atoms with Gasteiger partial charge in [0, 0.05) is 13.1 Å². The summed E-state index contributed by atoms with van der Waals surface area (Å²) in [6, 6.07) is 12.2. The third-order valence-corrected chi connectivity index (χ3v) is 5.85. The van der Waals surface area contributed by atoms with Gasteiger partial charge in [-0.25, -0.2) is 12.8 Å². The molecule has 2 aromatic rings. The first-order valence-corrected chi connectivity index (χ1v) is 8.96. The quantitative estimate of drug-likeness (QED) is 0.850. The fourth-order valence-electron chi connectivity index (χ4n) is 2.62. The van der Waals surface area contributed by atoms with E-state index < -0.39 is 15.8 Å². The molecule has 0 radical (unpaired) electrons. The van der Waals surface area contributed by atoms with Crippen LogP contribution < -0.4 is 4.74 Å². The van der Waals surface area contributed by atoms with Gasteiger partial charge in [-0.3, -0.25) is 0 Å². The van der Waals surface area contributed by atoms with Gasteiger partial charge in [0.05, 0.1) is 24.7 Å². The van der Waals surface area contributed by atoms with Gasteiger partial charge in [-0.15, -0.1) is 0 Å². The van der Waals surface area contributed by atoms with E-state index in [2.05, 4.69) is 0 Å². The Balaban J connectivity index is 1.80. The van der Waals surface area contributed by atoms with Gasteiger partial charge < -0.3 is 9.47 Å². The van der Waals surface area contributed by atoms with Crippen LogP contribution in [0.15, 0.2) is 53.4 Å². The van der Waals surface area contributed by atoms with Crippen LogP contribution in [0, 0.1) is 5.82 Å². The van der Waals surface area contributed by atoms with Crippen molar-refractivity contribution in [2.75, 3.05) is 26.8 Å². The fraction of sp³-hybridized carbons (Fsp3) is 0.294. The normalized spacial score (nSPS) is 19.2. The number of morpholine rings is 1. The van der Waals surface area contributed by atoms with Gasteiger partial charge in [0.1, 0.15) is 11.6 Å². The van der Waals surface area contributed by atoms with Crippen LogP contribution in [0.4, 0.5) is 4.39 Å². The minimum Gasteiger partial charge on any atom is -0.497 e. The predicted molar refractivity (Wildman–Crippen MR) is 86.8 cm³/mol. The van der Waals surface area contributed by atoms with Crippen LogP contribution in [0.25, 0.3) is 0 Å². The zero-order valence-corrected chi connectivity index (χ0v) is 14.0. The summed E-state index contributed by atoms with van der Waals surface area (Å²) in [6.07, 6.45) is -0.347. The van der Waals surface area contributed by atoms with Crippen LogP contribution >= 0.6 is 0 Å². The highest BCUT2D eigenvalue weighted by Gasteiger charge is 2.31. The summed E-state index contributed by atoms with van der Waals surface area (Å²) in [6.45, 7) is 0.787. The Morgan fingerprint density at radius 1 is 1.12 bits per heavy atom. The largest absolute Gasteiger partial charge is 0.497 e. The summed E-state index contributed by atoms with van der Waals surface area (Å²) >= 11 is 0. The van der Waals surface area contributed by atoms with E-state index in [1.54, 1.807) is 7.11 Å². The van der Waals surface area contributed by atoms with Gasteiger partial charge in [-0.1, -0.05) is 12.1 Å². The van der Waals surface area contributed by atoms with Crippen LogP contribution in [0.3, 0.4) is 0 Å². The van der Waals surface area contributed by atoms with Crippen molar-refractivity contribution in [3.8, 4) is 5.75 Å². The predicted octanol–water partition coefficient (Wildman–Crippen LogP) is 2.60. The summed E-state index contributed by atoms with van der Waals surface area (Å²) in [5, 5.41) is 0. The molecule has 3 rings (SSSR count). The lowest BCUT2D eigenvalue weighted by molar-refractivity contribution is -0.00257. The van der Waals surface area contributed by atoms with Crippen molar-refractivity contribution in [3.05, 3.63) is 59.9 Å². The van der Waals surface area contributed by atoms with Crippen molar-refractivity contribution in [3.63, 3.8) is 0 Å². The average molecular weight is 351 g/mol. The number of ether oxygens (including phenoxy) is 2. The first-order chi connectivity index (χ1) is 11.5. The summed E-state index contributed by atoms with van der Waals surface area (Å²) in [7, 11) is -2.08. The van der Waals surface area contributed by atoms with Crippen molar-refractivity contribution in [1.29, 1.82) is 0 Å². The number of rotatable bonds is 4. The van der Waals surface area contributed by atoms with Gasteiger partial charge in [-0.2, -0.15) is 4.31 Å². The molecule has 0 aromatic heterocycles. The number of hydrogen-bond donors (Lipinski definition) is 0. The highest BCUT2D eigenvalue weighted by molar-refractivity contribution is 7.89. The Labute approximate surface area is 140 Å². The number of benzene rings is 2. The van der Waals surface area contributed by atoms with E-state index in [1.807, 2.05) is 24.3 Å². The average Bonchev–Trinajstić information content (AvgIpc) is 2.62. The fourth-order valence-corrected chi connectivity index (χ4v) is 4.04. The van der Waals surface area contributed by atoms with Crippen molar-refractivity contribution >= 4 is 10.0 Å². The molecule has 1 saturated heterocycles. The minimum absolute atomic E-state index is 0.0827. The molecule has 0 N–H and O–H groups in total. The zero-order chi connectivity index (χ0) is 17.2. The maximum Gasteiger partial charge on any atom is 0.243 e.